The third-order valence-electron chi connectivity index (χ3n) is 2.99. The summed E-state index contributed by atoms with van der Waals surface area (Å²) >= 11 is 5.69. The molecule has 0 aliphatic rings. The first-order valence-electron chi connectivity index (χ1n) is 6.46. The van der Waals surface area contributed by atoms with Crippen LogP contribution in [0.5, 0.6) is 0 Å². The number of ketones is 1. The molecule has 0 atom stereocenters. The second-order valence-electron chi connectivity index (χ2n) is 4.99. The van der Waals surface area contributed by atoms with Crippen molar-refractivity contribution < 1.29 is 9.18 Å². The molecule has 2 aromatic rings. The summed E-state index contributed by atoms with van der Waals surface area (Å²) in [6, 6.07) is 6.75. The quantitative estimate of drug-likeness (QED) is 0.844. The Morgan fingerprint density at radius 1 is 1.35 bits per heavy atom. The summed E-state index contributed by atoms with van der Waals surface area (Å²) < 4.78 is 15.5. The number of carbonyl (C=O) groups is 1. The highest BCUT2D eigenvalue weighted by molar-refractivity contribution is 6.30. The average molecular weight is 295 g/mol. The van der Waals surface area contributed by atoms with Crippen LogP contribution in [-0.4, -0.2) is 15.6 Å². The number of benzene rings is 1. The Morgan fingerprint density at radius 3 is 2.75 bits per heavy atom. The fraction of sp³-hybridized carbons (Fsp3) is 0.333. The molecule has 0 fully saturated rings. The highest BCUT2D eigenvalue weighted by Gasteiger charge is 2.13. The molecule has 1 heterocycles. The van der Waals surface area contributed by atoms with Gasteiger partial charge in [-0.05, 0) is 31.5 Å². The average Bonchev–Trinajstić information content (AvgIpc) is 2.83. The largest absolute Gasteiger partial charge is 0.299 e. The molecule has 3 nitrogen and oxygen atoms in total. The molecule has 0 aliphatic carbocycles. The van der Waals surface area contributed by atoms with Crippen LogP contribution in [0, 0.1) is 5.82 Å². The van der Waals surface area contributed by atoms with Crippen molar-refractivity contribution in [3.05, 3.63) is 52.6 Å². The van der Waals surface area contributed by atoms with Crippen molar-refractivity contribution in [3.8, 4) is 0 Å². The van der Waals surface area contributed by atoms with Gasteiger partial charge in [-0.3, -0.25) is 9.48 Å². The fourth-order valence-electron chi connectivity index (χ4n) is 1.92. The van der Waals surface area contributed by atoms with Gasteiger partial charge in [-0.15, -0.1) is 0 Å². The van der Waals surface area contributed by atoms with E-state index >= 15 is 0 Å². The number of aromatic nitrogens is 2. The lowest BCUT2D eigenvalue weighted by Gasteiger charge is -2.04. The summed E-state index contributed by atoms with van der Waals surface area (Å²) in [6.07, 6.45) is 2.07. The molecule has 0 saturated carbocycles. The highest BCUT2D eigenvalue weighted by Crippen LogP contribution is 2.18. The van der Waals surface area contributed by atoms with Crippen molar-refractivity contribution in [1.82, 2.24) is 9.78 Å². The first kappa shape index (κ1) is 14.7. The minimum atomic E-state index is -0.518. The number of hydrogen-bond donors (Lipinski definition) is 0. The summed E-state index contributed by atoms with van der Waals surface area (Å²) in [5, 5.41) is 4.35. The van der Waals surface area contributed by atoms with Crippen molar-refractivity contribution in [2.45, 2.75) is 32.7 Å². The van der Waals surface area contributed by atoms with Crippen LogP contribution in [0.1, 0.15) is 31.1 Å². The first-order chi connectivity index (χ1) is 9.47. The maximum atomic E-state index is 13.7. The maximum absolute atomic E-state index is 13.7. The second kappa shape index (κ2) is 6.18. The van der Waals surface area contributed by atoms with E-state index in [0.29, 0.717) is 11.3 Å². The van der Waals surface area contributed by atoms with Crippen LogP contribution < -0.4 is 0 Å². The SMILES string of the molecule is CC(C)n1ccc(CC(=O)Cc2cccc(Cl)c2F)n1. The maximum Gasteiger partial charge on any atom is 0.145 e. The van der Waals surface area contributed by atoms with E-state index in [9.17, 15) is 9.18 Å². The van der Waals surface area contributed by atoms with Crippen molar-refractivity contribution >= 4 is 17.4 Å². The number of nitrogens with zero attached hydrogens (tertiary/aromatic N) is 2. The van der Waals surface area contributed by atoms with E-state index in [1.165, 1.54) is 6.07 Å². The van der Waals surface area contributed by atoms with Gasteiger partial charge < -0.3 is 0 Å². The van der Waals surface area contributed by atoms with Crippen molar-refractivity contribution in [1.29, 1.82) is 0 Å². The molecular weight excluding hydrogens is 279 g/mol. The van der Waals surface area contributed by atoms with Crippen LogP contribution in [0.25, 0.3) is 0 Å². The van der Waals surface area contributed by atoms with Crippen LogP contribution in [0.3, 0.4) is 0 Å². The molecule has 106 valence electrons. The van der Waals surface area contributed by atoms with Crippen molar-refractivity contribution in [2.24, 2.45) is 0 Å². The summed E-state index contributed by atoms with van der Waals surface area (Å²) in [4.78, 5) is 12.0. The summed E-state index contributed by atoms with van der Waals surface area (Å²) in [5.41, 5.74) is 1.02. The Kier molecular flexibility index (Phi) is 4.55. The zero-order chi connectivity index (χ0) is 14.7. The molecule has 5 heteroatoms. The molecule has 0 radical (unpaired) electrons. The molecule has 0 aliphatic heterocycles. The van der Waals surface area contributed by atoms with Gasteiger partial charge in [0, 0.05) is 18.7 Å². The standard InChI is InChI=1S/C15H16ClFN2O/c1-10(2)19-7-6-12(18-19)9-13(20)8-11-4-3-5-14(16)15(11)17/h3-7,10H,8-9H2,1-2H3. The number of carbonyl (C=O) groups excluding carboxylic acids is 1. The molecule has 0 N–H and O–H groups in total. The van der Waals surface area contributed by atoms with Crippen molar-refractivity contribution in [2.75, 3.05) is 0 Å². The minimum Gasteiger partial charge on any atom is -0.299 e. The van der Waals surface area contributed by atoms with Crippen LogP contribution >= 0.6 is 11.6 Å². The molecule has 0 spiro atoms. The van der Waals surface area contributed by atoms with Gasteiger partial charge >= 0.3 is 0 Å². The molecule has 1 aromatic carbocycles. The molecular formula is C15H16ClFN2O. The van der Waals surface area contributed by atoms with E-state index in [0.717, 1.165) is 0 Å². The lowest BCUT2D eigenvalue weighted by atomic mass is 10.1. The molecule has 2 rings (SSSR count). The summed E-state index contributed by atoms with van der Waals surface area (Å²) in [5.74, 6) is -0.601. The lowest BCUT2D eigenvalue weighted by molar-refractivity contribution is -0.117. The normalized spacial score (nSPS) is 11.1. The van der Waals surface area contributed by atoms with E-state index in [4.69, 9.17) is 11.6 Å². The number of halogens is 2. The van der Waals surface area contributed by atoms with E-state index in [2.05, 4.69) is 5.10 Å². The molecule has 20 heavy (non-hydrogen) atoms. The number of hydrogen-bond acceptors (Lipinski definition) is 2. The van der Waals surface area contributed by atoms with Crippen LogP contribution in [0.15, 0.2) is 30.5 Å². The van der Waals surface area contributed by atoms with Gasteiger partial charge in [0.25, 0.3) is 0 Å². The van der Waals surface area contributed by atoms with Gasteiger partial charge in [-0.25, -0.2) is 4.39 Å². The first-order valence-corrected chi connectivity index (χ1v) is 6.83. The van der Waals surface area contributed by atoms with Gasteiger partial charge in [0.2, 0.25) is 0 Å². The Balaban J connectivity index is 2.03. The Hall–Kier alpha value is -1.68. The van der Waals surface area contributed by atoms with Gasteiger partial charge in [-0.1, -0.05) is 23.7 Å². The van der Waals surface area contributed by atoms with Gasteiger partial charge in [0.15, 0.2) is 0 Å². The molecule has 0 unspecified atom stereocenters. The predicted octanol–water partition coefficient (Wildman–Crippen LogP) is 3.61. The Bertz CT molecular complexity index is 622. The monoisotopic (exact) mass is 294 g/mol. The third kappa shape index (κ3) is 3.45. The number of Topliss-reactive ketones (excluding diaryl/α,β-unsaturated/α-hetero) is 1. The second-order valence-corrected chi connectivity index (χ2v) is 5.39. The van der Waals surface area contributed by atoms with E-state index in [1.54, 1.807) is 16.8 Å². The summed E-state index contributed by atoms with van der Waals surface area (Å²) in [6.45, 7) is 4.03. The zero-order valence-electron chi connectivity index (χ0n) is 11.4. The number of rotatable bonds is 5. The van der Waals surface area contributed by atoms with E-state index in [1.807, 2.05) is 26.1 Å². The molecule has 1 aromatic heterocycles. The highest BCUT2D eigenvalue weighted by atomic mass is 35.5. The predicted molar refractivity (Wildman–Crippen MR) is 76.4 cm³/mol. The van der Waals surface area contributed by atoms with Crippen LogP contribution in [-0.2, 0) is 17.6 Å². The van der Waals surface area contributed by atoms with Gasteiger partial charge in [0.05, 0.1) is 17.1 Å². The van der Waals surface area contributed by atoms with Crippen LogP contribution in [0.4, 0.5) is 4.39 Å². The third-order valence-corrected chi connectivity index (χ3v) is 3.28. The Labute approximate surface area is 122 Å². The lowest BCUT2D eigenvalue weighted by Crippen LogP contribution is -2.09. The van der Waals surface area contributed by atoms with E-state index in [-0.39, 0.29) is 29.7 Å². The molecule has 0 saturated heterocycles. The fourth-order valence-corrected chi connectivity index (χ4v) is 2.12. The summed E-state index contributed by atoms with van der Waals surface area (Å²) in [7, 11) is 0. The van der Waals surface area contributed by atoms with Crippen LogP contribution in [0.2, 0.25) is 5.02 Å². The van der Waals surface area contributed by atoms with Crippen molar-refractivity contribution in [3.63, 3.8) is 0 Å². The Morgan fingerprint density at radius 2 is 2.10 bits per heavy atom. The molecule has 0 amide bonds. The zero-order valence-corrected chi connectivity index (χ0v) is 12.2. The van der Waals surface area contributed by atoms with Gasteiger partial charge in [-0.2, -0.15) is 5.10 Å². The minimum absolute atomic E-state index is 0.0287. The van der Waals surface area contributed by atoms with E-state index < -0.39 is 5.82 Å². The smallest absolute Gasteiger partial charge is 0.145 e. The molecule has 0 bridgehead atoms. The topological polar surface area (TPSA) is 34.9 Å². The van der Waals surface area contributed by atoms with Gasteiger partial charge in [0.1, 0.15) is 11.6 Å².